The van der Waals surface area contributed by atoms with Gasteiger partial charge in [-0.1, -0.05) is 32.2 Å². The van der Waals surface area contributed by atoms with Crippen molar-refractivity contribution in [2.45, 2.75) is 25.9 Å². The van der Waals surface area contributed by atoms with Gasteiger partial charge in [0.25, 0.3) is 0 Å². The molecule has 2 aromatic rings. The minimum atomic E-state index is -1.67. The summed E-state index contributed by atoms with van der Waals surface area (Å²) in [5.74, 6) is 0.479. The SMILES string of the molecule is CNc1ccc2c(c1)[Si](C)(C)c1cc(N(C)C)ccc1C2C. The zero-order valence-corrected chi connectivity index (χ0v) is 15.5. The van der Waals surface area contributed by atoms with Gasteiger partial charge in [0.2, 0.25) is 0 Å². The quantitative estimate of drug-likeness (QED) is 0.858. The number of nitrogens with zero attached hydrogens (tertiary/aromatic N) is 1. The Morgan fingerprint density at radius 1 is 0.955 bits per heavy atom. The summed E-state index contributed by atoms with van der Waals surface area (Å²) in [4.78, 5) is 2.20. The third-order valence-electron chi connectivity index (χ3n) is 5.17. The number of anilines is 2. The normalized spacial score (nSPS) is 18.4. The predicted octanol–water partition coefficient (Wildman–Crippen LogP) is 3.08. The van der Waals surface area contributed by atoms with Gasteiger partial charge in [0.05, 0.1) is 0 Å². The van der Waals surface area contributed by atoms with E-state index in [1.54, 1.807) is 10.4 Å². The molecule has 1 unspecified atom stereocenters. The van der Waals surface area contributed by atoms with Crippen LogP contribution in [-0.4, -0.2) is 29.2 Å². The molecular formula is C19H26N2Si. The molecule has 0 spiro atoms. The Labute approximate surface area is 135 Å². The van der Waals surface area contributed by atoms with E-state index in [1.165, 1.54) is 22.5 Å². The molecule has 0 bridgehead atoms. The average Bonchev–Trinajstić information content (AvgIpc) is 2.52. The van der Waals surface area contributed by atoms with Gasteiger partial charge in [0.1, 0.15) is 8.07 Å². The van der Waals surface area contributed by atoms with E-state index in [2.05, 4.69) is 80.7 Å². The van der Waals surface area contributed by atoms with E-state index in [1.807, 2.05) is 7.05 Å². The molecule has 0 aromatic heterocycles. The van der Waals surface area contributed by atoms with Gasteiger partial charge in [-0.05, 0) is 45.8 Å². The molecule has 0 radical (unpaired) electrons. The molecule has 0 saturated heterocycles. The lowest BCUT2D eigenvalue weighted by atomic mass is 9.92. The summed E-state index contributed by atoms with van der Waals surface area (Å²) in [6.07, 6.45) is 0. The maximum absolute atomic E-state index is 3.30. The summed E-state index contributed by atoms with van der Waals surface area (Å²) in [6.45, 7) is 7.31. The molecule has 3 rings (SSSR count). The van der Waals surface area contributed by atoms with Crippen LogP contribution in [0.5, 0.6) is 0 Å². The second-order valence-corrected chi connectivity index (χ2v) is 11.4. The summed E-state index contributed by atoms with van der Waals surface area (Å²) in [5, 5.41) is 6.47. The molecule has 1 heterocycles. The fraction of sp³-hybridized carbons (Fsp3) is 0.368. The van der Waals surface area contributed by atoms with Crippen molar-refractivity contribution in [2.75, 3.05) is 31.4 Å². The van der Waals surface area contributed by atoms with E-state index in [0.717, 1.165) is 0 Å². The lowest BCUT2D eigenvalue weighted by Crippen LogP contribution is -2.59. The Bertz CT molecular complexity index is 719. The highest BCUT2D eigenvalue weighted by atomic mass is 28.3. The first kappa shape index (κ1) is 15.2. The first-order chi connectivity index (χ1) is 10.4. The molecule has 0 aliphatic carbocycles. The van der Waals surface area contributed by atoms with Gasteiger partial charge in [-0.3, -0.25) is 0 Å². The van der Waals surface area contributed by atoms with Crippen molar-refractivity contribution >= 4 is 29.8 Å². The molecule has 0 amide bonds. The third kappa shape index (κ3) is 2.15. The molecule has 0 fully saturated rings. The molecule has 1 N–H and O–H groups in total. The van der Waals surface area contributed by atoms with Gasteiger partial charge in [-0.15, -0.1) is 0 Å². The minimum Gasteiger partial charge on any atom is -0.388 e. The van der Waals surface area contributed by atoms with Gasteiger partial charge in [-0.25, -0.2) is 0 Å². The molecule has 3 heteroatoms. The summed E-state index contributed by atoms with van der Waals surface area (Å²) in [6, 6.07) is 13.9. The Kier molecular flexibility index (Phi) is 3.56. The zero-order valence-electron chi connectivity index (χ0n) is 14.5. The predicted molar refractivity (Wildman–Crippen MR) is 101 cm³/mol. The van der Waals surface area contributed by atoms with Crippen LogP contribution in [0.2, 0.25) is 13.1 Å². The Morgan fingerprint density at radius 2 is 1.55 bits per heavy atom. The topological polar surface area (TPSA) is 15.3 Å². The molecule has 116 valence electrons. The van der Waals surface area contributed by atoms with Gasteiger partial charge in [0.15, 0.2) is 0 Å². The van der Waals surface area contributed by atoms with Gasteiger partial charge in [0, 0.05) is 38.4 Å². The van der Waals surface area contributed by atoms with E-state index in [9.17, 15) is 0 Å². The van der Waals surface area contributed by atoms with E-state index in [-0.39, 0.29) is 0 Å². The van der Waals surface area contributed by atoms with Gasteiger partial charge < -0.3 is 10.2 Å². The highest BCUT2D eigenvalue weighted by Crippen LogP contribution is 2.32. The van der Waals surface area contributed by atoms with E-state index in [4.69, 9.17) is 0 Å². The Morgan fingerprint density at radius 3 is 2.14 bits per heavy atom. The highest BCUT2D eigenvalue weighted by molar-refractivity contribution is 7.01. The van der Waals surface area contributed by atoms with Crippen LogP contribution in [0.3, 0.4) is 0 Å². The number of fused-ring (bicyclic) bond motifs is 2. The minimum absolute atomic E-state index is 0.479. The lowest BCUT2D eigenvalue weighted by Gasteiger charge is -2.38. The molecule has 1 aliphatic heterocycles. The van der Waals surface area contributed by atoms with Crippen molar-refractivity contribution in [1.82, 2.24) is 0 Å². The standard InChI is InChI=1S/C19H26N2Si/c1-13-16-9-7-14(20-2)11-18(16)22(5,6)19-12-15(21(3)4)8-10-17(13)19/h7-13,20H,1-6H3. The van der Waals surface area contributed by atoms with Crippen molar-refractivity contribution in [1.29, 1.82) is 0 Å². The maximum atomic E-state index is 3.30. The molecule has 1 aliphatic rings. The first-order valence-corrected chi connectivity index (χ1v) is 11.0. The summed E-state index contributed by atoms with van der Waals surface area (Å²) < 4.78 is 0. The molecule has 2 nitrogen and oxygen atoms in total. The number of hydrogen-bond acceptors (Lipinski definition) is 2. The van der Waals surface area contributed by atoms with Crippen LogP contribution in [0.15, 0.2) is 36.4 Å². The maximum Gasteiger partial charge on any atom is 0.113 e. The Hall–Kier alpha value is -1.74. The number of hydrogen-bond donors (Lipinski definition) is 1. The van der Waals surface area contributed by atoms with Crippen molar-refractivity contribution < 1.29 is 0 Å². The fourth-order valence-corrected chi connectivity index (χ4v) is 7.04. The van der Waals surface area contributed by atoms with Crippen LogP contribution in [0.25, 0.3) is 0 Å². The molecule has 0 saturated carbocycles. The molecular weight excluding hydrogens is 284 g/mol. The first-order valence-electron chi connectivity index (χ1n) is 8.00. The van der Waals surface area contributed by atoms with Crippen LogP contribution in [0.1, 0.15) is 24.0 Å². The third-order valence-corrected chi connectivity index (χ3v) is 8.73. The van der Waals surface area contributed by atoms with Crippen molar-refractivity contribution in [3.63, 3.8) is 0 Å². The zero-order chi connectivity index (χ0) is 16.1. The number of nitrogens with one attached hydrogen (secondary N) is 1. The summed E-state index contributed by atoms with van der Waals surface area (Å²) in [5.41, 5.74) is 5.56. The lowest BCUT2D eigenvalue weighted by molar-refractivity contribution is 0.927. The number of benzene rings is 2. The fourth-order valence-electron chi connectivity index (χ4n) is 3.68. The van der Waals surface area contributed by atoms with E-state index < -0.39 is 8.07 Å². The highest BCUT2D eigenvalue weighted by Gasteiger charge is 2.37. The number of rotatable bonds is 2. The van der Waals surface area contributed by atoms with E-state index >= 15 is 0 Å². The van der Waals surface area contributed by atoms with Crippen LogP contribution in [-0.2, 0) is 0 Å². The molecule has 22 heavy (non-hydrogen) atoms. The molecule has 2 aromatic carbocycles. The van der Waals surface area contributed by atoms with Gasteiger partial charge >= 0.3 is 0 Å². The van der Waals surface area contributed by atoms with Crippen LogP contribution in [0, 0.1) is 0 Å². The second kappa shape index (κ2) is 5.16. The van der Waals surface area contributed by atoms with Crippen LogP contribution >= 0.6 is 0 Å². The summed E-state index contributed by atoms with van der Waals surface area (Å²) in [7, 11) is 4.58. The van der Waals surface area contributed by atoms with Crippen molar-refractivity contribution in [3.05, 3.63) is 47.5 Å². The summed E-state index contributed by atoms with van der Waals surface area (Å²) >= 11 is 0. The van der Waals surface area contributed by atoms with Crippen molar-refractivity contribution in [2.24, 2.45) is 0 Å². The van der Waals surface area contributed by atoms with Crippen molar-refractivity contribution in [3.8, 4) is 0 Å². The molecule has 1 atom stereocenters. The van der Waals surface area contributed by atoms with Crippen LogP contribution in [0.4, 0.5) is 11.4 Å². The van der Waals surface area contributed by atoms with Crippen LogP contribution < -0.4 is 20.6 Å². The van der Waals surface area contributed by atoms with Gasteiger partial charge in [-0.2, -0.15) is 0 Å². The smallest absolute Gasteiger partial charge is 0.113 e. The largest absolute Gasteiger partial charge is 0.388 e. The van der Waals surface area contributed by atoms with E-state index in [0.29, 0.717) is 5.92 Å². The monoisotopic (exact) mass is 310 g/mol. The second-order valence-electron chi connectivity index (χ2n) is 7.06. The Balaban J connectivity index is 2.24. The average molecular weight is 311 g/mol.